The number of fused-ring (bicyclic) bond motifs is 1. The van der Waals surface area contributed by atoms with E-state index in [0.29, 0.717) is 17.1 Å². The van der Waals surface area contributed by atoms with Gasteiger partial charge in [0.15, 0.2) is 6.61 Å². The van der Waals surface area contributed by atoms with Gasteiger partial charge in [-0.2, -0.15) is 0 Å². The SMILES string of the molecule is Cc1ccc(C)c(NS(=O)(=O)c2ccc3c(c2)N(C)C(=O)CO3)c1. The number of sulfonamides is 1. The van der Waals surface area contributed by atoms with Crippen LogP contribution < -0.4 is 14.4 Å². The molecule has 2 aromatic rings. The molecule has 1 aliphatic heterocycles. The maximum atomic E-state index is 12.7. The molecule has 0 atom stereocenters. The number of anilines is 2. The van der Waals surface area contributed by atoms with Crippen molar-refractivity contribution in [3.05, 3.63) is 47.5 Å². The van der Waals surface area contributed by atoms with Gasteiger partial charge in [-0.15, -0.1) is 0 Å². The first-order chi connectivity index (χ1) is 11.3. The summed E-state index contributed by atoms with van der Waals surface area (Å²) in [5.74, 6) is 0.266. The van der Waals surface area contributed by atoms with E-state index in [1.807, 2.05) is 26.0 Å². The quantitative estimate of drug-likeness (QED) is 0.926. The van der Waals surface area contributed by atoms with Crippen molar-refractivity contribution in [2.24, 2.45) is 0 Å². The van der Waals surface area contributed by atoms with Crippen LogP contribution >= 0.6 is 0 Å². The molecule has 24 heavy (non-hydrogen) atoms. The van der Waals surface area contributed by atoms with E-state index in [2.05, 4.69) is 4.72 Å². The van der Waals surface area contributed by atoms with Crippen molar-refractivity contribution in [1.82, 2.24) is 0 Å². The summed E-state index contributed by atoms with van der Waals surface area (Å²) in [6, 6.07) is 10.0. The predicted molar refractivity (Wildman–Crippen MR) is 92.1 cm³/mol. The van der Waals surface area contributed by atoms with Crippen molar-refractivity contribution >= 4 is 27.3 Å². The lowest BCUT2D eigenvalue weighted by Gasteiger charge is -2.26. The van der Waals surface area contributed by atoms with Crippen LogP contribution in [0.4, 0.5) is 11.4 Å². The van der Waals surface area contributed by atoms with Crippen molar-refractivity contribution < 1.29 is 17.9 Å². The number of nitrogens with one attached hydrogen (secondary N) is 1. The third-order valence-electron chi connectivity index (χ3n) is 3.96. The summed E-state index contributed by atoms with van der Waals surface area (Å²) < 4.78 is 33.3. The average Bonchev–Trinajstić information content (AvgIpc) is 2.54. The van der Waals surface area contributed by atoms with E-state index in [0.717, 1.165) is 11.1 Å². The normalized spacial score (nSPS) is 14.1. The Morgan fingerprint density at radius 2 is 1.88 bits per heavy atom. The summed E-state index contributed by atoms with van der Waals surface area (Å²) in [4.78, 5) is 13.2. The number of amides is 1. The molecule has 126 valence electrons. The Morgan fingerprint density at radius 3 is 2.62 bits per heavy atom. The number of hydrogen-bond acceptors (Lipinski definition) is 4. The molecule has 3 rings (SSSR count). The number of nitrogens with zero attached hydrogens (tertiary/aromatic N) is 1. The van der Waals surface area contributed by atoms with E-state index < -0.39 is 10.0 Å². The summed E-state index contributed by atoms with van der Waals surface area (Å²) in [5.41, 5.74) is 2.77. The summed E-state index contributed by atoms with van der Waals surface area (Å²) in [6.45, 7) is 3.69. The fraction of sp³-hybridized carbons (Fsp3) is 0.235. The van der Waals surface area contributed by atoms with E-state index in [4.69, 9.17) is 4.74 Å². The van der Waals surface area contributed by atoms with Crippen molar-refractivity contribution in [3.8, 4) is 5.75 Å². The van der Waals surface area contributed by atoms with Crippen molar-refractivity contribution in [3.63, 3.8) is 0 Å². The van der Waals surface area contributed by atoms with Crippen molar-refractivity contribution in [1.29, 1.82) is 0 Å². The van der Waals surface area contributed by atoms with Crippen LogP contribution in [-0.2, 0) is 14.8 Å². The van der Waals surface area contributed by atoms with Crippen LogP contribution in [-0.4, -0.2) is 28.0 Å². The van der Waals surface area contributed by atoms with Gasteiger partial charge in [0.2, 0.25) is 0 Å². The van der Waals surface area contributed by atoms with Gasteiger partial charge >= 0.3 is 0 Å². The number of rotatable bonds is 3. The van der Waals surface area contributed by atoms with Gasteiger partial charge < -0.3 is 9.64 Å². The van der Waals surface area contributed by atoms with Crippen LogP contribution in [0.5, 0.6) is 5.75 Å². The molecule has 1 amide bonds. The fourth-order valence-electron chi connectivity index (χ4n) is 2.47. The summed E-state index contributed by atoms with van der Waals surface area (Å²) in [7, 11) is -2.18. The van der Waals surface area contributed by atoms with Gasteiger partial charge in [-0.05, 0) is 49.2 Å². The number of likely N-dealkylation sites (N-methyl/N-ethyl adjacent to an activating group) is 1. The summed E-state index contributed by atoms with van der Waals surface area (Å²) >= 11 is 0. The van der Waals surface area contributed by atoms with Gasteiger partial charge in [0.1, 0.15) is 5.75 Å². The maximum Gasteiger partial charge on any atom is 0.264 e. The molecule has 0 saturated heterocycles. The van der Waals surface area contributed by atoms with Gasteiger partial charge in [0.25, 0.3) is 15.9 Å². The zero-order valence-corrected chi connectivity index (χ0v) is 14.5. The second-order valence-corrected chi connectivity index (χ2v) is 7.48. The lowest BCUT2D eigenvalue weighted by atomic mass is 10.1. The molecule has 1 aliphatic rings. The average molecular weight is 346 g/mol. The standard InChI is InChI=1S/C17H18N2O4S/c1-11-4-5-12(2)14(8-11)18-24(21,22)13-6-7-16-15(9-13)19(3)17(20)10-23-16/h4-9,18H,10H2,1-3H3. The van der Waals surface area contributed by atoms with Crippen molar-refractivity contribution in [2.45, 2.75) is 18.7 Å². The number of hydrogen-bond donors (Lipinski definition) is 1. The highest BCUT2D eigenvalue weighted by molar-refractivity contribution is 7.92. The highest BCUT2D eigenvalue weighted by Crippen LogP contribution is 2.34. The lowest BCUT2D eigenvalue weighted by Crippen LogP contribution is -2.35. The topological polar surface area (TPSA) is 75.7 Å². The van der Waals surface area contributed by atoms with E-state index >= 15 is 0 Å². The van der Waals surface area contributed by atoms with Crippen LogP contribution in [0.25, 0.3) is 0 Å². The van der Waals surface area contributed by atoms with Gasteiger partial charge in [-0.25, -0.2) is 8.42 Å². The molecule has 7 heteroatoms. The van der Waals surface area contributed by atoms with Gasteiger partial charge in [-0.1, -0.05) is 12.1 Å². The van der Waals surface area contributed by atoms with E-state index in [1.165, 1.54) is 17.0 Å². The molecule has 0 fully saturated rings. The molecule has 0 bridgehead atoms. The molecule has 6 nitrogen and oxygen atoms in total. The minimum absolute atomic E-state index is 0.0453. The molecular formula is C17H18N2O4S. The molecule has 0 aromatic heterocycles. The molecule has 1 N–H and O–H groups in total. The number of aryl methyl sites for hydroxylation is 2. The molecule has 0 saturated carbocycles. The number of carbonyl (C=O) groups excluding carboxylic acids is 1. The van der Waals surface area contributed by atoms with Crippen LogP contribution in [0.15, 0.2) is 41.3 Å². The predicted octanol–water partition coefficient (Wildman–Crippen LogP) is 2.46. The first-order valence-electron chi connectivity index (χ1n) is 7.41. The third kappa shape index (κ3) is 2.94. The highest BCUT2D eigenvalue weighted by atomic mass is 32.2. The maximum absolute atomic E-state index is 12.7. The number of benzene rings is 2. The van der Waals surface area contributed by atoms with Gasteiger partial charge in [-0.3, -0.25) is 9.52 Å². The number of carbonyl (C=O) groups is 1. The Morgan fingerprint density at radius 1 is 1.12 bits per heavy atom. The first-order valence-corrected chi connectivity index (χ1v) is 8.90. The smallest absolute Gasteiger partial charge is 0.264 e. The minimum Gasteiger partial charge on any atom is -0.482 e. The van der Waals surface area contributed by atoms with Gasteiger partial charge in [0, 0.05) is 7.05 Å². The molecular weight excluding hydrogens is 328 g/mol. The van der Waals surface area contributed by atoms with Crippen LogP contribution in [0, 0.1) is 13.8 Å². The first kappa shape index (κ1) is 16.3. The molecule has 0 spiro atoms. The van der Waals surface area contributed by atoms with Crippen LogP contribution in [0.2, 0.25) is 0 Å². The van der Waals surface area contributed by atoms with Crippen LogP contribution in [0.1, 0.15) is 11.1 Å². The zero-order valence-electron chi connectivity index (χ0n) is 13.7. The Balaban J connectivity index is 1.99. The third-order valence-corrected chi connectivity index (χ3v) is 5.33. The molecule has 0 radical (unpaired) electrons. The van der Waals surface area contributed by atoms with Crippen LogP contribution in [0.3, 0.4) is 0 Å². The lowest BCUT2D eigenvalue weighted by molar-refractivity contribution is -0.120. The minimum atomic E-state index is -3.77. The highest BCUT2D eigenvalue weighted by Gasteiger charge is 2.25. The Labute approximate surface area is 141 Å². The van der Waals surface area contributed by atoms with Gasteiger partial charge in [0.05, 0.1) is 16.3 Å². The number of ether oxygens (including phenoxy) is 1. The second-order valence-electron chi connectivity index (χ2n) is 5.79. The zero-order chi connectivity index (χ0) is 17.5. The summed E-state index contributed by atoms with van der Waals surface area (Å²) in [5, 5.41) is 0. The molecule has 0 aliphatic carbocycles. The van der Waals surface area contributed by atoms with E-state index in [-0.39, 0.29) is 17.4 Å². The molecule has 1 heterocycles. The van der Waals surface area contributed by atoms with E-state index in [9.17, 15) is 13.2 Å². The van der Waals surface area contributed by atoms with E-state index in [1.54, 1.807) is 19.2 Å². The Kier molecular flexibility index (Phi) is 3.96. The summed E-state index contributed by atoms with van der Waals surface area (Å²) in [6.07, 6.45) is 0. The molecule has 0 unspecified atom stereocenters. The second kappa shape index (κ2) is 5.83. The Hall–Kier alpha value is -2.54. The Bertz CT molecular complexity index is 922. The monoisotopic (exact) mass is 346 g/mol. The van der Waals surface area contributed by atoms with Crippen molar-refractivity contribution in [2.75, 3.05) is 23.3 Å². The fourth-order valence-corrected chi connectivity index (χ4v) is 3.61. The largest absolute Gasteiger partial charge is 0.482 e. The molecule has 2 aromatic carbocycles.